The van der Waals surface area contributed by atoms with Crippen LogP contribution >= 0.6 is 0 Å². The van der Waals surface area contributed by atoms with E-state index in [-0.39, 0.29) is 5.56 Å². The topological polar surface area (TPSA) is 85.6 Å². The average Bonchev–Trinajstić information content (AvgIpc) is 3.02. The zero-order valence-electron chi connectivity index (χ0n) is 10.6. The molecular weight excluding hydrogens is 275 g/mol. The molecule has 2 heterocycles. The number of pyridine rings is 1. The summed E-state index contributed by atoms with van der Waals surface area (Å²) in [5.74, 6) is -1.11. The maximum Gasteiger partial charge on any atom is 0.255 e. The van der Waals surface area contributed by atoms with Gasteiger partial charge in [-0.15, -0.1) is 5.10 Å². The van der Waals surface area contributed by atoms with E-state index in [1.165, 1.54) is 23.3 Å². The van der Waals surface area contributed by atoms with E-state index >= 15 is 0 Å². The molecule has 0 fully saturated rings. The van der Waals surface area contributed by atoms with Crippen molar-refractivity contribution in [1.29, 1.82) is 0 Å². The van der Waals surface area contributed by atoms with Crippen LogP contribution in [-0.2, 0) is 0 Å². The van der Waals surface area contributed by atoms with Crippen LogP contribution in [0.25, 0.3) is 5.69 Å². The second-order valence-electron chi connectivity index (χ2n) is 4.12. The van der Waals surface area contributed by atoms with Crippen LogP contribution in [0.15, 0.2) is 48.9 Å². The number of tetrazole rings is 1. The van der Waals surface area contributed by atoms with Gasteiger partial charge >= 0.3 is 0 Å². The van der Waals surface area contributed by atoms with E-state index in [4.69, 9.17) is 0 Å². The summed E-state index contributed by atoms with van der Waals surface area (Å²) in [5.41, 5.74) is 1.54. The van der Waals surface area contributed by atoms with Gasteiger partial charge in [0.15, 0.2) is 0 Å². The number of amides is 1. The Hall–Kier alpha value is -3.16. The Labute approximate surface area is 118 Å². The summed E-state index contributed by atoms with van der Waals surface area (Å²) in [7, 11) is 0. The zero-order valence-corrected chi connectivity index (χ0v) is 10.6. The minimum atomic E-state index is -0.698. The maximum atomic E-state index is 13.0. The second-order valence-corrected chi connectivity index (χ2v) is 4.12. The number of benzene rings is 1. The molecule has 8 heteroatoms. The van der Waals surface area contributed by atoms with E-state index in [0.717, 1.165) is 11.8 Å². The molecule has 0 radical (unpaired) electrons. The van der Waals surface area contributed by atoms with Crippen LogP contribution in [0.5, 0.6) is 0 Å². The summed E-state index contributed by atoms with van der Waals surface area (Å²) < 4.78 is 14.5. The molecule has 0 saturated carbocycles. The Balaban J connectivity index is 1.75. The highest BCUT2D eigenvalue weighted by atomic mass is 19.1. The van der Waals surface area contributed by atoms with Crippen molar-refractivity contribution in [2.75, 3.05) is 5.32 Å². The number of hydrogen-bond donors (Lipinski definition) is 1. The molecule has 0 saturated heterocycles. The number of anilines is 1. The lowest BCUT2D eigenvalue weighted by molar-refractivity contribution is 0.102. The molecule has 104 valence electrons. The largest absolute Gasteiger partial charge is 0.322 e. The van der Waals surface area contributed by atoms with E-state index in [2.05, 4.69) is 25.8 Å². The summed E-state index contributed by atoms with van der Waals surface area (Å²) in [6.07, 6.45) is 2.71. The third-order valence-electron chi connectivity index (χ3n) is 2.73. The minimum Gasteiger partial charge on any atom is -0.322 e. The molecule has 0 unspecified atom stereocenters. The van der Waals surface area contributed by atoms with Gasteiger partial charge in [0.25, 0.3) is 5.91 Å². The molecule has 1 aromatic carbocycles. The van der Waals surface area contributed by atoms with Crippen LogP contribution in [0.4, 0.5) is 10.1 Å². The van der Waals surface area contributed by atoms with Crippen LogP contribution < -0.4 is 5.32 Å². The van der Waals surface area contributed by atoms with E-state index in [1.807, 2.05) is 0 Å². The van der Waals surface area contributed by atoms with Gasteiger partial charge in [-0.1, -0.05) is 0 Å². The molecule has 0 aliphatic heterocycles. The van der Waals surface area contributed by atoms with Crippen molar-refractivity contribution in [1.82, 2.24) is 25.2 Å². The molecule has 0 spiro atoms. The van der Waals surface area contributed by atoms with Gasteiger partial charge in [-0.3, -0.25) is 4.79 Å². The molecule has 0 aliphatic rings. The first-order valence-corrected chi connectivity index (χ1v) is 5.99. The SMILES string of the molecule is O=C(Nc1ccc(-n2cnnn2)cc1)c1ccnc(F)c1. The zero-order chi connectivity index (χ0) is 14.7. The van der Waals surface area contributed by atoms with Gasteiger partial charge < -0.3 is 5.32 Å². The van der Waals surface area contributed by atoms with E-state index in [0.29, 0.717) is 5.69 Å². The summed E-state index contributed by atoms with van der Waals surface area (Å²) in [4.78, 5) is 15.3. The van der Waals surface area contributed by atoms with Gasteiger partial charge in [0, 0.05) is 23.5 Å². The Morgan fingerprint density at radius 3 is 2.67 bits per heavy atom. The average molecular weight is 284 g/mol. The number of rotatable bonds is 3. The van der Waals surface area contributed by atoms with Crippen LogP contribution in [0.2, 0.25) is 0 Å². The second kappa shape index (κ2) is 5.45. The van der Waals surface area contributed by atoms with Gasteiger partial charge in [0.05, 0.1) is 5.69 Å². The smallest absolute Gasteiger partial charge is 0.255 e. The summed E-state index contributed by atoms with van der Waals surface area (Å²) in [6.45, 7) is 0. The van der Waals surface area contributed by atoms with Crippen LogP contribution in [0.1, 0.15) is 10.4 Å². The van der Waals surface area contributed by atoms with E-state index < -0.39 is 11.9 Å². The number of carbonyl (C=O) groups is 1. The van der Waals surface area contributed by atoms with Gasteiger partial charge in [0.1, 0.15) is 6.33 Å². The molecule has 21 heavy (non-hydrogen) atoms. The number of nitrogens with zero attached hydrogens (tertiary/aromatic N) is 5. The summed E-state index contributed by atoms with van der Waals surface area (Å²) in [5, 5.41) is 13.5. The highest BCUT2D eigenvalue weighted by molar-refractivity contribution is 6.04. The van der Waals surface area contributed by atoms with Crippen molar-refractivity contribution in [2.45, 2.75) is 0 Å². The fraction of sp³-hybridized carbons (Fsp3) is 0. The van der Waals surface area contributed by atoms with Crippen molar-refractivity contribution < 1.29 is 9.18 Å². The van der Waals surface area contributed by atoms with E-state index in [9.17, 15) is 9.18 Å². The number of halogens is 1. The van der Waals surface area contributed by atoms with Crippen LogP contribution in [-0.4, -0.2) is 31.1 Å². The monoisotopic (exact) mass is 284 g/mol. The lowest BCUT2D eigenvalue weighted by Gasteiger charge is -2.06. The molecule has 1 amide bonds. The predicted octanol–water partition coefficient (Wildman–Crippen LogP) is 1.45. The molecular formula is C13H9FN6O. The molecule has 1 N–H and O–H groups in total. The quantitative estimate of drug-likeness (QED) is 0.736. The Kier molecular flexibility index (Phi) is 3.34. The van der Waals surface area contributed by atoms with Gasteiger partial charge in [-0.05, 0) is 40.8 Å². The molecule has 2 aromatic heterocycles. The number of carbonyl (C=O) groups excluding carboxylic acids is 1. The fourth-order valence-electron chi connectivity index (χ4n) is 1.72. The van der Waals surface area contributed by atoms with Crippen LogP contribution in [0.3, 0.4) is 0 Å². The first kappa shape index (κ1) is 12.9. The third-order valence-corrected chi connectivity index (χ3v) is 2.73. The molecule has 0 bridgehead atoms. The van der Waals surface area contributed by atoms with Gasteiger partial charge in [-0.2, -0.15) is 4.39 Å². The van der Waals surface area contributed by atoms with Crippen molar-refractivity contribution in [3.05, 3.63) is 60.4 Å². The molecule has 0 aliphatic carbocycles. The Bertz CT molecular complexity index is 757. The van der Waals surface area contributed by atoms with Crippen molar-refractivity contribution in [3.8, 4) is 5.69 Å². The van der Waals surface area contributed by atoms with Crippen molar-refractivity contribution >= 4 is 11.6 Å². The summed E-state index contributed by atoms with van der Waals surface area (Å²) >= 11 is 0. The minimum absolute atomic E-state index is 0.201. The molecule has 3 rings (SSSR count). The summed E-state index contributed by atoms with van der Waals surface area (Å²) in [6, 6.07) is 9.41. The molecule has 0 atom stereocenters. The van der Waals surface area contributed by atoms with Crippen molar-refractivity contribution in [2.24, 2.45) is 0 Å². The first-order valence-electron chi connectivity index (χ1n) is 5.99. The predicted molar refractivity (Wildman–Crippen MR) is 71.3 cm³/mol. The molecule has 3 aromatic rings. The fourth-order valence-corrected chi connectivity index (χ4v) is 1.72. The standard InChI is InChI=1S/C13H9FN6O/c14-12-7-9(5-6-15-12)13(21)17-10-1-3-11(4-2-10)20-8-16-18-19-20/h1-8H,(H,17,21). The maximum absolute atomic E-state index is 13.0. The Morgan fingerprint density at radius 1 is 1.19 bits per heavy atom. The lowest BCUT2D eigenvalue weighted by Crippen LogP contribution is -2.12. The number of hydrogen-bond acceptors (Lipinski definition) is 5. The van der Waals surface area contributed by atoms with Gasteiger partial charge in [-0.25, -0.2) is 9.67 Å². The van der Waals surface area contributed by atoms with E-state index in [1.54, 1.807) is 24.3 Å². The van der Waals surface area contributed by atoms with Crippen LogP contribution in [0, 0.1) is 5.95 Å². The Morgan fingerprint density at radius 2 is 2.00 bits per heavy atom. The number of nitrogens with one attached hydrogen (secondary N) is 1. The lowest BCUT2D eigenvalue weighted by atomic mass is 10.2. The third kappa shape index (κ3) is 2.89. The van der Waals surface area contributed by atoms with Gasteiger partial charge in [0.2, 0.25) is 5.95 Å². The first-order chi connectivity index (χ1) is 10.2. The normalized spacial score (nSPS) is 10.3. The van der Waals surface area contributed by atoms with Crippen molar-refractivity contribution in [3.63, 3.8) is 0 Å². The highest BCUT2D eigenvalue weighted by Gasteiger charge is 2.07. The molecule has 7 nitrogen and oxygen atoms in total. The highest BCUT2D eigenvalue weighted by Crippen LogP contribution is 2.13. The number of aromatic nitrogens is 5.